The molecule has 3 aromatic rings. The Kier molecular flexibility index (Phi) is 5.88. The second-order valence-corrected chi connectivity index (χ2v) is 7.58. The highest BCUT2D eigenvalue weighted by Gasteiger charge is 2.24. The van der Waals surface area contributed by atoms with Crippen molar-refractivity contribution in [3.8, 4) is 16.9 Å². The number of carbonyl (C=O) groups excluding carboxylic acids is 2. The van der Waals surface area contributed by atoms with E-state index >= 15 is 0 Å². The van der Waals surface area contributed by atoms with Gasteiger partial charge in [-0.2, -0.15) is 5.10 Å². The lowest BCUT2D eigenvalue weighted by atomic mass is 10.0. The zero-order valence-corrected chi connectivity index (χ0v) is 16.9. The molecule has 154 valence electrons. The number of likely N-dealkylation sites (tertiary alicyclic amines) is 1. The van der Waals surface area contributed by atoms with Gasteiger partial charge in [-0.25, -0.2) is 9.48 Å². The molecule has 4 rings (SSSR count). The summed E-state index contributed by atoms with van der Waals surface area (Å²) in [5.41, 5.74) is 2.29. The number of esters is 1. The molecule has 3 heterocycles. The van der Waals surface area contributed by atoms with Crippen LogP contribution in [0.1, 0.15) is 30.1 Å². The Hall–Kier alpha value is -3.48. The molecule has 30 heavy (non-hydrogen) atoms. The van der Waals surface area contributed by atoms with Crippen LogP contribution in [0.15, 0.2) is 61.1 Å². The van der Waals surface area contributed by atoms with Gasteiger partial charge in [0.1, 0.15) is 11.3 Å². The first-order valence-electron chi connectivity index (χ1n) is 10.1. The van der Waals surface area contributed by atoms with Crippen LogP contribution >= 0.6 is 0 Å². The van der Waals surface area contributed by atoms with Crippen molar-refractivity contribution in [2.45, 2.75) is 19.8 Å². The highest BCUT2D eigenvalue weighted by Crippen LogP contribution is 2.24. The normalized spacial score (nSPS) is 16.3. The van der Waals surface area contributed by atoms with E-state index < -0.39 is 5.97 Å². The number of hydrogen-bond acceptors (Lipinski definition) is 5. The van der Waals surface area contributed by atoms with Crippen LogP contribution < -0.4 is 0 Å². The molecule has 1 aliphatic heterocycles. The molecule has 0 aliphatic carbocycles. The summed E-state index contributed by atoms with van der Waals surface area (Å²) in [5, 5.41) is 4.58. The van der Waals surface area contributed by atoms with Gasteiger partial charge in [0.2, 0.25) is 0 Å². The van der Waals surface area contributed by atoms with Crippen molar-refractivity contribution >= 4 is 11.9 Å². The Bertz CT molecular complexity index is 1020. The first kappa shape index (κ1) is 19.8. The predicted octanol–water partition coefficient (Wildman–Crippen LogP) is 3.35. The Morgan fingerprint density at radius 3 is 2.73 bits per heavy atom. The summed E-state index contributed by atoms with van der Waals surface area (Å²) in [6.07, 6.45) is 7.04. The van der Waals surface area contributed by atoms with E-state index in [0.29, 0.717) is 35.8 Å². The number of nitrogens with zero attached hydrogens (tertiary/aromatic N) is 4. The monoisotopic (exact) mass is 404 g/mol. The maximum atomic E-state index is 12.9. The zero-order chi connectivity index (χ0) is 20.9. The number of pyridine rings is 1. The fourth-order valence-electron chi connectivity index (χ4n) is 3.66. The third-order valence-electron chi connectivity index (χ3n) is 5.23. The van der Waals surface area contributed by atoms with Gasteiger partial charge in [0.05, 0.1) is 5.69 Å². The minimum absolute atomic E-state index is 0.159. The molecule has 1 aromatic carbocycles. The molecule has 7 heteroatoms. The van der Waals surface area contributed by atoms with Crippen molar-refractivity contribution in [2.24, 2.45) is 5.92 Å². The molecule has 0 radical (unpaired) electrons. The lowest BCUT2D eigenvalue weighted by molar-refractivity contribution is -0.136. The molecule has 0 saturated carbocycles. The molecule has 2 aromatic heterocycles. The third-order valence-corrected chi connectivity index (χ3v) is 5.23. The van der Waals surface area contributed by atoms with Gasteiger partial charge in [-0.3, -0.25) is 9.78 Å². The zero-order valence-electron chi connectivity index (χ0n) is 16.9. The average Bonchev–Trinajstić information content (AvgIpc) is 3.24. The second-order valence-electron chi connectivity index (χ2n) is 7.58. The largest absolute Gasteiger partial charge is 0.452 e. The lowest BCUT2D eigenvalue weighted by Gasteiger charge is -2.30. The summed E-state index contributed by atoms with van der Waals surface area (Å²) in [4.78, 5) is 31.2. The Labute approximate surface area is 175 Å². The van der Waals surface area contributed by atoms with Gasteiger partial charge in [0, 0.05) is 37.2 Å². The Morgan fingerprint density at radius 2 is 2.00 bits per heavy atom. The molecule has 1 saturated heterocycles. The van der Waals surface area contributed by atoms with Crippen molar-refractivity contribution in [3.05, 3.63) is 66.6 Å². The minimum Gasteiger partial charge on any atom is -0.452 e. The van der Waals surface area contributed by atoms with Gasteiger partial charge in [0.15, 0.2) is 6.61 Å². The highest BCUT2D eigenvalue weighted by molar-refractivity contribution is 5.97. The molecule has 7 nitrogen and oxygen atoms in total. The van der Waals surface area contributed by atoms with E-state index in [0.717, 1.165) is 18.5 Å². The Balaban J connectivity index is 1.55. The molecule has 0 N–H and O–H groups in total. The van der Waals surface area contributed by atoms with Crippen LogP contribution in [-0.2, 0) is 9.53 Å². The SMILES string of the molecule is CC1CCCN(C(=O)COC(=O)c2cn(-c3ccccc3)nc2-c2cccnc2)C1. The molecular weight excluding hydrogens is 380 g/mol. The standard InChI is InChI=1S/C23H24N4O3/c1-17-7-6-12-26(14-17)21(28)16-30-23(29)20-15-27(19-9-3-2-4-10-19)25-22(20)18-8-5-11-24-13-18/h2-5,8-11,13,15,17H,6-7,12,14,16H2,1H3. The van der Waals surface area contributed by atoms with E-state index in [1.54, 1.807) is 34.2 Å². The number of para-hydroxylation sites is 1. The quantitative estimate of drug-likeness (QED) is 0.610. The maximum Gasteiger partial charge on any atom is 0.342 e. The van der Waals surface area contributed by atoms with Crippen molar-refractivity contribution in [1.82, 2.24) is 19.7 Å². The van der Waals surface area contributed by atoms with Crippen LogP contribution in [0.5, 0.6) is 0 Å². The van der Waals surface area contributed by atoms with Gasteiger partial charge >= 0.3 is 5.97 Å². The molecule has 0 bridgehead atoms. The average molecular weight is 404 g/mol. The van der Waals surface area contributed by atoms with Gasteiger partial charge in [-0.15, -0.1) is 0 Å². The molecule has 1 fully saturated rings. The summed E-state index contributed by atoms with van der Waals surface area (Å²) >= 11 is 0. The number of ether oxygens (including phenoxy) is 1. The smallest absolute Gasteiger partial charge is 0.342 e. The van der Waals surface area contributed by atoms with Crippen LogP contribution in [-0.4, -0.2) is 51.2 Å². The van der Waals surface area contributed by atoms with Gasteiger partial charge < -0.3 is 9.64 Å². The topological polar surface area (TPSA) is 77.3 Å². The fraction of sp³-hybridized carbons (Fsp3) is 0.304. The number of hydrogen-bond donors (Lipinski definition) is 0. The van der Waals surface area contributed by atoms with Gasteiger partial charge in [0.25, 0.3) is 5.91 Å². The van der Waals surface area contributed by atoms with Crippen molar-refractivity contribution in [1.29, 1.82) is 0 Å². The molecule has 1 unspecified atom stereocenters. The predicted molar refractivity (Wildman–Crippen MR) is 112 cm³/mol. The van der Waals surface area contributed by atoms with E-state index in [-0.39, 0.29) is 12.5 Å². The van der Waals surface area contributed by atoms with Gasteiger partial charge in [-0.1, -0.05) is 25.1 Å². The summed E-state index contributed by atoms with van der Waals surface area (Å²) in [6.45, 7) is 3.29. The van der Waals surface area contributed by atoms with Crippen LogP contribution in [0.4, 0.5) is 0 Å². The molecule has 0 spiro atoms. The number of carbonyl (C=O) groups is 2. The number of amides is 1. The molecule has 1 amide bonds. The fourth-order valence-corrected chi connectivity index (χ4v) is 3.66. The van der Waals surface area contributed by atoms with E-state index in [9.17, 15) is 9.59 Å². The molecule has 1 atom stereocenters. The first-order valence-corrected chi connectivity index (χ1v) is 10.1. The Morgan fingerprint density at radius 1 is 1.17 bits per heavy atom. The number of piperidine rings is 1. The van der Waals surface area contributed by atoms with Crippen molar-refractivity contribution in [2.75, 3.05) is 19.7 Å². The van der Waals surface area contributed by atoms with Crippen molar-refractivity contribution in [3.63, 3.8) is 0 Å². The summed E-state index contributed by atoms with van der Waals surface area (Å²) in [7, 11) is 0. The van der Waals surface area contributed by atoms with E-state index in [1.807, 2.05) is 36.4 Å². The number of benzene rings is 1. The minimum atomic E-state index is -0.575. The third kappa shape index (κ3) is 4.40. The second kappa shape index (κ2) is 8.90. The summed E-state index contributed by atoms with van der Waals surface area (Å²) in [5.74, 6) is -0.262. The highest BCUT2D eigenvalue weighted by atomic mass is 16.5. The first-order chi connectivity index (χ1) is 14.6. The van der Waals surface area contributed by atoms with E-state index in [2.05, 4.69) is 17.0 Å². The molecular formula is C23H24N4O3. The number of aromatic nitrogens is 3. The van der Waals surface area contributed by atoms with Crippen LogP contribution in [0.2, 0.25) is 0 Å². The van der Waals surface area contributed by atoms with Crippen molar-refractivity contribution < 1.29 is 14.3 Å². The lowest BCUT2D eigenvalue weighted by Crippen LogP contribution is -2.41. The maximum absolute atomic E-state index is 12.9. The summed E-state index contributed by atoms with van der Waals surface area (Å²) < 4.78 is 7.02. The summed E-state index contributed by atoms with van der Waals surface area (Å²) in [6, 6.07) is 13.1. The van der Waals surface area contributed by atoms with E-state index in [4.69, 9.17) is 4.74 Å². The van der Waals surface area contributed by atoms with Crippen LogP contribution in [0, 0.1) is 5.92 Å². The molecule has 1 aliphatic rings. The van der Waals surface area contributed by atoms with Gasteiger partial charge in [-0.05, 0) is 43.0 Å². The van der Waals surface area contributed by atoms with Crippen LogP contribution in [0.25, 0.3) is 16.9 Å². The number of rotatable bonds is 5. The van der Waals surface area contributed by atoms with E-state index in [1.165, 1.54) is 0 Å². The van der Waals surface area contributed by atoms with Crippen LogP contribution in [0.3, 0.4) is 0 Å².